The minimum Gasteiger partial charge on any atom is -0.508 e. The van der Waals surface area contributed by atoms with Crippen LogP contribution in [-0.4, -0.2) is 18.3 Å². The highest BCUT2D eigenvalue weighted by Gasteiger charge is 2.16. The van der Waals surface area contributed by atoms with E-state index in [1.165, 1.54) is 0 Å². The molecule has 82 valence electrons. The Morgan fingerprint density at radius 2 is 1.56 bits per heavy atom. The van der Waals surface area contributed by atoms with Crippen LogP contribution in [0.25, 0.3) is 0 Å². The standard InChI is InChI=1S/C14H14O2/c15-14-9-7-5-3-1-2-4-6-8-12-10-16-11-13(12)14/h1-9,15H,10-11H2/b2-1+,3-1?,4-2?,5-3+,6-4-,7-5?,8-6?,9-7-,12-8+,14-9?,14-13-. The Bertz CT molecular complexity index is 432. The molecular weight excluding hydrogens is 200 g/mol. The van der Waals surface area contributed by atoms with Crippen molar-refractivity contribution in [2.24, 2.45) is 0 Å². The molecule has 0 aromatic heterocycles. The van der Waals surface area contributed by atoms with Gasteiger partial charge in [-0.05, 0) is 11.6 Å². The summed E-state index contributed by atoms with van der Waals surface area (Å²) >= 11 is 0. The summed E-state index contributed by atoms with van der Waals surface area (Å²) in [6.07, 6.45) is 17.1. The van der Waals surface area contributed by atoms with Crippen LogP contribution in [0, 0.1) is 0 Å². The van der Waals surface area contributed by atoms with Crippen molar-refractivity contribution in [2.45, 2.75) is 0 Å². The molecule has 1 aliphatic heterocycles. The molecule has 1 heterocycles. The number of fused-ring (bicyclic) bond motifs is 1. The summed E-state index contributed by atoms with van der Waals surface area (Å²) in [5.74, 6) is 0.284. The molecule has 2 nitrogen and oxygen atoms in total. The van der Waals surface area contributed by atoms with Gasteiger partial charge >= 0.3 is 0 Å². The molecule has 0 aromatic rings. The molecule has 16 heavy (non-hydrogen) atoms. The molecule has 0 amide bonds. The van der Waals surface area contributed by atoms with Gasteiger partial charge in [-0.1, -0.05) is 48.6 Å². The van der Waals surface area contributed by atoms with Gasteiger partial charge in [0.1, 0.15) is 5.76 Å². The van der Waals surface area contributed by atoms with Crippen molar-refractivity contribution < 1.29 is 9.84 Å². The van der Waals surface area contributed by atoms with Crippen LogP contribution < -0.4 is 0 Å². The maximum atomic E-state index is 9.86. The van der Waals surface area contributed by atoms with E-state index in [-0.39, 0.29) is 5.76 Å². The van der Waals surface area contributed by atoms with Crippen molar-refractivity contribution in [1.29, 1.82) is 0 Å². The smallest absolute Gasteiger partial charge is 0.121 e. The lowest BCUT2D eigenvalue weighted by molar-refractivity contribution is 0.213. The molecule has 2 rings (SSSR count). The van der Waals surface area contributed by atoms with Crippen LogP contribution in [-0.2, 0) is 4.74 Å². The quantitative estimate of drug-likeness (QED) is 0.671. The van der Waals surface area contributed by atoms with Crippen molar-refractivity contribution in [3.05, 3.63) is 71.6 Å². The molecule has 0 aromatic carbocycles. The molecule has 0 bridgehead atoms. The lowest BCUT2D eigenvalue weighted by Crippen LogP contribution is -1.91. The van der Waals surface area contributed by atoms with Crippen LogP contribution in [0.5, 0.6) is 0 Å². The lowest BCUT2D eigenvalue weighted by atomic mass is 10.1. The number of aliphatic hydroxyl groups is 1. The summed E-state index contributed by atoms with van der Waals surface area (Å²) in [7, 11) is 0. The second-order valence-corrected chi connectivity index (χ2v) is 3.56. The van der Waals surface area contributed by atoms with Gasteiger partial charge < -0.3 is 9.84 Å². The third-order valence-corrected chi connectivity index (χ3v) is 2.42. The fraction of sp³-hybridized carbons (Fsp3) is 0.143. The number of aliphatic hydroxyl groups excluding tert-OH is 1. The predicted molar refractivity (Wildman–Crippen MR) is 65.1 cm³/mol. The molecule has 1 fully saturated rings. The zero-order chi connectivity index (χ0) is 11.2. The third-order valence-electron chi connectivity index (χ3n) is 2.42. The Morgan fingerprint density at radius 3 is 2.38 bits per heavy atom. The zero-order valence-corrected chi connectivity index (χ0v) is 8.97. The van der Waals surface area contributed by atoms with Crippen LogP contribution in [0.1, 0.15) is 0 Å². The largest absolute Gasteiger partial charge is 0.508 e. The number of rotatable bonds is 0. The summed E-state index contributed by atoms with van der Waals surface area (Å²) in [6, 6.07) is 0. The van der Waals surface area contributed by atoms with Gasteiger partial charge in [-0.2, -0.15) is 0 Å². The van der Waals surface area contributed by atoms with E-state index in [4.69, 9.17) is 4.74 Å². The highest BCUT2D eigenvalue weighted by atomic mass is 16.5. The van der Waals surface area contributed by atoms with Crippen LogP contribution in [0.3, 0.4) is 0 Å². The van der Waals surface area contributed by atoms with Crippen LogP contribution in [0.4, 0.5) is 0 Å². The van der Waals surface area contributed by atoms with Gasteiger partial charge in [0.2, 0.25) is 0 Å². The summed E-state index contributed by atoms with van der Waals surface area (Å²) in [6.45, 7) is 1.05. The first kappa shape index (κ1) is 10.7. The molecular formula is C14H14O2. The molecule has 1 N–H and O–H groups in total. The molecule has 2 aliphatic rings. The van der Waals surface area contributed by atoms with E-state index >= 15 is 0 Å². The fourth-order valence-corrected chi connectivity index (χ4v) is 1.57. The minimum atomic E-state index is 0.284. The van der Waals surface area contributed by atoms with Crippen molar-refractivity contribution in [1.82, 2.24) is 0 Å². The monoisotopic (exact) mass is 214 g/mol. The first-order valence-corrected chi connectivity index (χ1v) is 5.25. The number of hydrogen-bond donors (Lipinski definition) is 1. The van der Waals surface area contributed by atoms with E-state index in [2.05, 4.69) is 0 Å². The lowest BCUT2D eigenvalue weighted by Gasteiger charge is -1.99. The first-order valence-electron chi connectivity index (χ1n) is 5.25. The number of ether oxygens (including phenoxy) is 1. The molecule has 0 atom stereocenters. The van der Waals surface area contributed by atoms with Crippen molar-refractivity contribution >= 4 is 0 Å². The van der Waals surface area contributed by atoms with Crippen LogP contribution in [0.2, 0.25) is 0 Å². The predicted octanol–water partition coefficient (Wildman–Crippen LogP) is 2.99. The second-order valence-electron chi connectivity index (χ2n) is 3.56. The molecule has 1 aliphatic carbocycles. The minimum absolute atomic E-state index is 0.284. The topological polar surface area (TPSA) is 29.5 Å². The van der Waals surface area contributed by atoms with Gasteiger partial charge in [0.05, 0.1) is 13.2 Å². The van der Waals surface area contributed by atoms with Gasteiger partial charge in [0.25, 0.3) is 0 Å². The van der Waals surface area contributed by atoms with Gasteiger partial charge in [0.15, 0.2) is 0 Å². The normalized spacial score (nSPS) is 36.1. The number of allylic oxidation sites excluding steroid dienone is 9. The average molecular weight is 214 g/mol. The van der Waals surface area contributed by atoms with Gasteiger partial charge in [-0.25, -0.2) is 0 Å². The Balaban J connectivity index is 2.37. The molecule has 0 radical (unpaired) electrons. The summed E-state index contributed by atoms with van der Waals surface area (Å²) in [4.78, 5) is 0. The van der Waals surface area contributed by atoms with E-state index in [1.54, 1.807) is 6.08 Å². The Morgan fingerprint density at radius 1 is 0.875 bits per heavy atom. The van der Waals surface area contributed by atoms with Gasteiger partial charge in [-0.3, -0.25) is 0 Å². The summed E-state index contributed by atoms with van der Waals surface area (Å²) in [5.41, 5.74) is 1.91. The van der Waals surface area contributed by atoms with Crippen molar-refractivity contribution in [3.8, 4) is 0 Å². The molecule has 0 spiro atoms. The van der Waals surface area contributed by atoms with Crippen LogP contribution in [0.15, 0.2) is 71.6 Å². The highest BCUT2D eigenvalue weighted by Crippen LogP contribution is 2.22. The van der Waals surface area contributed by atoms with Gasteiger partial charge in [0, 0.05) is 5.57 Å². The van der Waals surface area contributed by atoms with E-state index in [9.17, 15) is 5.11 Å². The Labute approximate surface area is 95.2 Å². The maximum absolute atomic E-state index is 9.86. The average Bonchev–Trinajstić information content (AvgIpc) is 2.73. The van der Waals surface area contributed by atoms with E-state index in [1.807, 2.05) is 48.6 Å². The van der Waals surface area contributed by atoms with Crippen molar-refractivity contribution in [2.75, 3.05) is 13.2 Å². The van der Waals surface area contributed by atoms with E-state index < -0.39 is 0 Å². The fourth-order valence-electron chi connectivity index (χ4n) is 1.57. The third kappa shape index (κ3) is 2.61. The van der Waals surface area contributed by atoms with Crippen LogP contribution >= 0.6 is 0 Å². The summed E-state index contributed by atoms with van der Waals surface area (Å²) in [5, 5.41) is 9.86. The van der Waals surface area contributed by atoms with Gasteiger partial charge in [-0.15, -0.1) is 0 Å². The Hall–Kier alpha value is -1.80. The SMILES string of the molecule is OC1=C2/COC/C2=C\C=C/C=C/C=C/C=C\1. The molecule has 2 heteroatoms. The molecule has 0 saturated carbocycles. The van der Waals surface area contributed by atoms with Crippen molar-refractivity contribution in [3.63, 3.8) is 0 Å². The van der Waals surface area contributed by atoms with E-state index in [0.29, 0.717) is 13.2 Å². The molecule has 1 saturated heterocycles. The first-order chi connectivity index (χ1) is 7.88. The molecule has 0 unspecified atom stereocenters. The number of hydrogen-bond acceptors (Lipinski definition) is 2. The second kappa shape index (κ2) is 5.33. The van der Waals surface area contributed by atoms with E-state index in [0.717, 1.165) is 11.1 Å². The zero-order valence-electron chi connectivity index (χ0n) is 8.97. The highest BCUT2D eigenvalue weighted by molar-refractivity contribution is 5.43. The summed E-state index contributed by atoms with van der Waals surface area (Å²) < 4.78 is 5.33. The Kier molecular flexibility index (Phi) is 3.57. The maximum Gasteiger partial charge on any atom is 0.121 e.